The summed E-state index contributed by atoms with van der Waals surface area (Å²) in [6.07, 6.45) is 1.71. The average Bonchev–Trinajstić information content (AvgIpc) is 3.09. The van der Waals surface area contributed by atoms with E-state index in [1.165, 1.54) is 0 Å². The molecule has 4 aromatic rings. The molecule has 0 atom stereocenters. The fourth-order valence-corrected chi connectivity index (χ4v) is 2.78. The second-order valence-electron chi connectivity index (χ2n) is 5.69. The van der Waals surface area contributed by atoms with Gasteiger partial charge in [0, 0.05) is 23.3 Å². The Morgan fingerprint density at radius 3 is 2.36 bits per heavy atom. The summed E-state index contributed by atoms with van der Waals surface area (Å²) in [5.41, 5.74) is 10.0. The maximum atomic E-state index is 13.2. The summed E-state index contributed by atoms with van der Waals surface area (Å²) in [7, 11) is 0. The monoisotopic (exact) mass is 328 g/mol. The molecule has 0 unspecified atom stereocenters. The third kappa shape index (κ3) is 2.83. The molecule has 0 radical (unpaired) electrons. The van der Waals surface area contributed by atoms with Crippen LogP contribution in [0.4, 0.5) is 17.1 Å². The van der Waals surface area contributed by atoms with Gasteiger partial charge in [-0.2, -0.15) is 0 Å². The van der Waals surface area contributed by atoms with E-state index in [0.29, 0.717) is 11.4 Å². The molecular formula is C20H16N4O. The number of amides is 1. The lowest BCUT2D eigenvalue weighted by molar-refractivity contribution is 0.0995. The SMILES string of the molecule is Nc1ccc(N(C(=O)c2cc3ncccc3[nH]2)c2ccccc2)cc1. The zero-order chi connectivity index (χ0) is 17.2. The maximum Gasteiger partial charge on any atom is 0.279 e. The Morgan fingerprint density at radius 1 is 0.920 bits per heavy atom. The molecule has 0 bridgehead atoms. The molecule has 0 aliphatic carbocycles. The van der Waals surface area contributed by atoms with Crippen molar-refractivity contribution in [3.63, 3.8) is 0 Å². The van der Waals surface area contributed by atoms with Gasteiger partial charge in [0.15, 0.2) is 0 Å². The fraction of sp³-hybridized carbons (Fsp3) is 0. The molecule has 122 valence electrons. The van der Waals surface area contributed by atoms with Crippen molar-refractivity contribution in [1.82, 2.24) is 9.97 Å². The van der Waals surface area contributed by atoms with E-state index in [9.17, 15) is 4.79 Å². The third-order valence-electron chi connectivity index (χ3n) is 3.99. The number of hydrogen-bond acceptors (Lipinski definition) is 3. The molecule has 0 spiro atoms. The van der Waals surface area contributed by atoms with Crippen LogP contribution in [-0.2, 0) is 0 Å². The molecule has 3 N–H and O–H groups in total. The highest BCUT2D eigenvalue weighted by molar-refractivity contribution is 6.11. The predicted octanol–water partition coefficient (Wildman–Crippen LogP) is 4.12. The summed E-state index contributed by atoms with van der Waals surface area (Å²) < 4.78 is 0. The molecule has 0 saturated heterocycles. The number of nitrogens with zero attached hydrogens (tertiary/aromatic N) is 2. The summed E-state index contributed by atoms with van der Waals surface area (Å²) in [6, 6.07) is 22.3. The van der Waals surface area contributed by atoms with Crippen molar-refractivity contribution in [2.75, 3.05) is 10.6 Å². The van der Waals surface area contributed by atoms with Crippen molar-refractivity contribution >= 4 is 34.0 Å². The largest absolute Gasteiger partial charge is 0.399 e. The number of fused-ring (bicyclic) bond motifs is 1. The Morgan fingerprint density at radius 2 is 1.64 bits per heavy atom. The molecule has 5 heteroatoms. The normalized spacial score (nSPS) is 10.7. The quantitative estimate of drug-likeness (QED) is 0.555. The minimum Gasteiger partial charge on any atom is -0.399 e. The van der Waals surface area contributed by atoms with Crippen LogP contribution < -0.4 is 10.6 Å². The van der Waals surface area contributed by atoms with E-state index in [0.717, 1.165) is 22.4 Å². The van der Waals surface area contributed by atoms with Crippen molar-refractivity contribution in [1.29, 1.82) is 0 Å². The Labute approximate surface area is 144 Å². The number of nitrogens with two attached hydrogens (primary N) is 1. The maximum absolute atomic E-state index is 13.2. The number of nitrogen functional groups attached to an aromatic ring is 1. The molecule has 4 rings (SSSR count). The number of aromatic amines is 1. The number of pyridine rings is 1. The second-order valence-corrected chi connectivity index (χ2v) is 5.69. The first kappa shape index (κ1) is 15.0. The van der Waals surface area contributed by atoms with E-state index in [2.05, 4.69) is 9.97 Å². The van der Waals surface area contributed by atoms with Gasteiger partial charge in [-0.15, -0.1) is 0 Å². The number of benzene rings is 2. The minimum atomic E-state index is -0.158. The Kier molecular flexibility index (Phi) is 3.67. The molecule has 5 nitrogen and oxygen atoms in total. The predicted molar refractivity (Wildman–Crippen MR) is 99.9 cm³/mol. The van der Waals surface area contributed by atoms with Gasteiger partial charge in [-0.3, -0.25) is 14.7 Å². The van der Waals surface area contributed by atoms with Crippen LogP contribution in [0.3, 0.4) is 0 Å². The summed E-state index contributed by atoms with van der Waals surface area (Å²) in [5.74, 6) is -0.158. The van der Waals surface area contributed by atoms with Crippen LogP contribution in [0.5, 0.6) is 0 Å². The first-order chi connectivity index (χ1) is 12.2. The molecule has 0 aliphatic heterocycles. The van der Waals surface area contributed by atoms with Crippen LogP contribution >= 0.6 is 0 Å². The molecule has 0 aliphatic rings. The number of carbonyl (C=O) groups is 1. The Balaban J connectivity index is 1.82. The highest BCUT2D eigenvalue weighted by Gasteiger charge is 2.21. The van der Waals surface area contributed by atoms with Gasteiger partial charge in [0.1, 0.15) is 5.69 Å². The van der Waals surface area contributed by atoms with Crippen molar-refractivity contribution in [2.45, 2.75) is 0 Å². The Bertz CT molecular complexity index is 989. The fourth-order valence-electron chi connectivity index (χ4n) is 2.78. The number of para-hydroxylation sites is 1. The van der Waals surface area contributed by atoms with Gasteiger partial charge in [-0.25, -0.2) is 0 Å². The number of carbonyl (C=O) groups excluding carboxylic acids is 1. The third-order valence-corrected chi connectivity index (χ3v) is 3.99. The first-order valence-electron chi connectivity index (χ1n) is 7.91. The van der Waals surface area contributed by atoms with E-state index >= 15 is 0 Å². The first-order valence-corrected chi connectivity index (χ1v) is 7.91. The van der Waals surface area contributed by atoms with Gasteiger partial charge in [0.05, 0.1) is 11.0 Å². The topological polar surface area (TPSA) is 75.0 Å². The molecule has 1 amide bonds. The van der Waals surface area contributed by atoms with Gasteiger partial charge in [0.25, 0.3) is 5.91 Å². The molecular weight excluding hydrogens is 312 g/mol. The highest BCUT2D eigenvalue weighted by atomic mass is 16.2. The van der Waals surface area contributed by atoms with Gasteiger partial charge >= 0.3 is 0 Å². The van der Waals surface area contributed by atoms with E-state index in [1.54, 1.807) is 29.3 Å². The van der Waals surface area contributed by atoms with Crippen LogP contribution in [0.15, 0.2) is 79.0 Å². The number of aromatic nitrogens is 2. The zero-order valence-electron chi connectivity index (χ0n) is 13.4. The summed E-state index contributed by atoms with van der Waals surface area (Å²) in [4.78, 5) is 22.3. The van der Waals surface area contributed by atoms with Crippen molar-refractivity contribution in [2.24, 2.45) is 0 Å². The standard InChI is InChI=1S/C20H16N4O/c21-14-8-10-16(11-9-14)24(15-5-2-1-3-6-15)20(25)19-13-18-17(23-19)7-4-12-22-18/h1-13,23H,21H2. The lowest BCUT2D eigenvalue weighted by atomic mass is 10.2. The average molecular weight is 328 g/mol. The van der Waals surface area contributed by atoms with Crippen LogP contribution in [0, 0.1) is 0 Å². The number of H-pyrrole nitrogens is 1. The van der Waals surface area contributed by atoms with E-state index < -0.39 is 0 Å². The minimum absolute atomic E-state index is 0.158. The van der Waals surface area contributed by atoms with Gasteiger partial charge in [-0.05, 0) is 54.6 Å². The van der Waals surface area contributed by atoms with Crippen molar-refractivity contribution in [3.05, 3.63) is 84.7 Å². The number of rotatable bonds is 3. The molecule has 2 heterocycles. The lowest BCUT2D eigenvalue weighted by Gasteiger charge is -2.22. The van der Waals surface area contributed by atoms with E-state index in [-0.39, 0.29) is 5.91 Å². The molecule has 0 saturated carbocycles. The van der Waals surface area contributed by atoms with Crippen LogP contribution in [0.25, 0.3) is 11.0 Å². The van der Waals surface area contributed by atoms with Crippen LogP contribution in [-0.4, -0.2) is 15.9 Å². The molecule has 0 fully saturated rings. The number of anilines is 3. The van der Waals surface area contributed by atoms with Crippen molar-refractivity contribution < 1.29 is 4.79 Å². The van der Waals surface area contributed by atoms with Crippen LogP contribution in [0.1, 0.15) is 10.5 Å². The Hall–Kier alpha value is -3.60. The van der Waals surface area contributed by atoms with Crippen molar-refractivity contribution in [3.8, 4) is 0 Å². The van der Waals surface area contributed by atoms with E-state index in [4.69, 9.17) is 5.73 Å². The summed E-state index contributed by atoms with van der Waals surface area (Å²) in [5, 5.41) is 0. The number of hydrogen-bond donors (Lipinski definition) is 2. The van der Waals surface area contributed by atoms with Gasteiger partial charge < -0.3 is 10.7 Å². The van der Waals surface area contributed by atoms with Crippen LogP contribution in [0.2, 0.25) is 0 Å². The highest BCUT2D eigenvalue weighted by Crippen LogP contribution is 2.28. The zero-order valence-corrected chi connectivity index (χ0v) is 13.4. The summed E-state index contributed by atoms with van der Waals surface area (Å²) in [6.45, 7) is 0. The van der Waals surface area contributed by atoms with E-state index in [1.807, 2.05) is 54.6 Å². The van der Waals surface area contributed by atoms with Gasteiger partial charge in [0.2, 0.25) is 0 Å². The molecule has 2 aromatic heterocycles. The second kappa shape index (κ2) is 6.13. The summed E-state index contributed by atoms with van der Waals surface area (Å²) >= 11 is 0. The molecule has 2 aromatic carbocycles. The molecule has 25 heavy (non-hydrogen) atoms. The van der Waals surface area contributed by atoms with Gasteiger partial charge in [-0.1, -0.05) is 18.2 Å². The lowest BCUT2D eigenvalue weighted by Crippen LogP contribution is -2.26. The number of nitrogens with one attached hydrogen (secondary N) is 1. The smallest absolute Gasteiger partial charge is 0.279 e.